The number of rotatable bonds is 4. The third kappa shape index (κ3) is 13.5. The summed E-state index contributed by atoms with van der Waals surface area (Å²) in [6, 6.07) is 16.3. The fourth-order valence-corrected chi connectivity index (χ4v) is 3.44. The second-order valence-corrected chi connectivity index (χ2v) is 10.3. The molecule has 35 heavy (non-hydrogen) atoms. The maximum Gasteiger partial charge on any atom is 0.115 e. The predicted molar refractivity (Wildman–Crippen MR) is 151 cm³/mol. The molecule has 0 fully saturated rings. The summed E-state index contributed by atoms with van der Waals surface area (Å²) in [5, 5.41) is 2.12. The first-order valence-electron chi connectivity index (χ1n) is 12.3. The van der Waals surface area contributed by atoms with Gasteiger partial charge in [-0.3, -0.25) is 9.97 Å². The first kappa shape index (κ1) is 30.1. The monoisotopic (exact) mass is 490 g/mol. The van der Waals surface area contributed by atoms with Crippen molar-refractivity contribution in [2.75, 3.05) is 0 Å². The lowest BCUT2D eigenvalue weighted by molar-refractivity contribution is 0.814. The first-order chi connectivity index (χ1) is 16.7. The standard InChI is InChI=1S/2C8H11N.C7H10N2.C7H10S/c1-7(2)8-4-3-5-9-6-8;1-7(2)8-5-3-4-6-9-8;1-6(2)7-3-4-8-5-9-7;1-6(2)7-4-3-5-8-7/h2*3-7H,1-2H3;3-6H,1-2H3;3-6H,1-2H3. The Morgan fingerprint density at radius 2 is 1.29 bits per heavy atom. The van der Waals surface area contributed by atoms with Gasteiger partial charge in [-0.05, 0) is 64.9 Å². The van der Waals surface area contributed by atoms with E-state index in [2.05, 4.69) is 98.9 Å². The van der Waals surface area contributed by atoms with Crippen molar-refractivity contribution in [1.29, 1.82) is 0 Å². The van der Waals surface area contributed by atoms with Crippen LogP contribution in [0.15, 0.2) is 85.0 Å². The normalized spacial score (nSPS) is 10.2. The van der Waals surface area contributed by atoms with Gasteiger partial charge in [-0.15, -0.1) is 11.3 Å². The number of pyridine rings is 2. The zero-order valence-electron chi connectivity index (χ0n) is 22.6. The van der Waals surface area contributed by atoms with Crippen LogP contribution in [0.2, 0.25) is 0 Å². The fourth-order valence-electron chi connectivity index (χ4n) is 2.70. The average molecular weight is 491 g/mol. The van der Waals surface area contributed by atoms with E-state index in [9.17, 15) is 0 Å². The number of nitrogens with zero attached hydrogens (tertiary/aromatic N) is 4. The first-order valence-corrected chi connectivity index (χ1v) is 13.2. The molecule has 0 bridgehead atoms. The Bertz CT molecular complexity index is 881. The van der Waals surface area contributed by atoms with Crippen molar-refractivity contribution in [3.63, 3.8) is 0 Å². The lowest BCUT2D eigenvalue weighted by Gasteiger charge is -2.00. The Balaban J connectivity index is 0.000000234. The van der Waals surface area contributed by atoms with Gasteiger partial charge < -0.3 is 0 Å². The van der Waals surface area contributed by atoms with Crippen LogP contribution in [-0.2, 0) is 0 Å². The van der Waals surface area contributed by atoms with Gasteiger partial charge in [0.25, 0.3) is 0 Å². The molecule has 0 aromatic carbocycles. The molecule has 0 atom stereocenters. The quantitative estimate of drug-likeness (QED) is 0.286. The summed E-state index contributed by atoms with van der Waals surface area (Å²) in [4.78, 5) is 17.5. The molecule has 0 aliphatic rings. The summed E-state index contributed by atoms with van der Waals surface area (Å²) in [6.07, 6.45) is 8.88. The lowest BCUT2D eigenvalue weighted by atomic mass is 10.1. The van der Waals surface area contributed by atoms with E-state index in [4.69, 9.17) is 0 Å². The molecular formula is C30H42N4S. The molecule has 4 aromatic heterocycles. The van der Waals surface area contributed by atoms with Crippen LogP contribution in [0.3, 0.4) is 0 Å². The maximum atomic E-state index is 4.18. The Morgan fingerprint density at radius 1 is 0.571 bits per heavy atom. The molecule has 0 N–H and O–H groups in total. The minimum Gasteiger partial charge on any atom is -0.264 e. The van der Waals surface area contributed by atoms with Crippen LogP contribution in [-0.4, -0.2) is 19.9 Å². The van der Waals surface area contributed by atoms with Crippen molar-refractivity contribution >= 4 is 11.3 Å². The predicted octanol–water partition coefficient (Wildman–Crippen LogP) is 8.88. The van der Waals surface area contributed by atoms with Crippen molar-refractivity contribution < 1.29 is 0 Å². The highest BCUT2D eigenvalue weighted by atomic mass is 32.1. The van der Waals surface area contributed by atoms with E-state index < -0.39 is 0 Å². The molecule has 188 valence electrons. The highest BCUT2D eigenvalue weighted by molar-refractivity contribution is 7.10. The molecule has 5 heteroatoms. The Labute approximate surface area is 217 Å². The van der Waals surface area contributed by atoms with Crippen molar-refractivity contribution in [2.24, 2.45) is 0 Å². The SMILES string of the molecule is CC(C)c1ccccn1.CC(C)c1cccnc1.CC(C)c1cccs1.CC(C)c1ccncn1. The van der Waals surface area contributed by atoms with Crippen LogP contribution < -0.4 is 0 Å². The molecule has 0 aliphatic heterocycles. The molecule has 0 radical (unpaired) electrons. The van der Waals surface area contributed by atoms with Crippen molar-refractivity contribution in [3.05, 3.63) is 107 Å². The van der Waals surface area contributed by atoms with E-state index in [0.717, 1.165) is 11.4 Å². The van der Waals surface area contributed by atoms with Crippen LogP contribution in [0.4, 0.5) is 0 Å². The van der Waals surface area contributed by atoms with Gasteiger partial charge in [-0.2, -0.15) is 0 Å². The summed E-state index contributed by atoms with van der Waals surface area (Å²) in [6.45, 7) is 17.3. The number of hydrogen-bond donors (Lipinski definition) is 0. The third-order valence-corrected chi connectivity index (χ3v) is 6.11. The van der Waals surface area contributed by atoms with Crippen LogP contribution in [0.25, 0.3) is 0 Å². The summed E-state index contributed by atoms with van der Waals surface area (Å²) in [7, 11) is 0. The van der Waals surface area contributed by atoms with E-state index in [1.165, 1.54) is 10.4 Å². The van der Waals surface area contributed by atoms with E-state index >= 15 is 0 Å². The Morgan fingerprint density at radius 3 is 1.60 bits per heavy atom. The van der Waals surface area contributed by atoms with Gasteiger partial charge in [0.05, 0.1) is 0 Å². The van der Waals surface area contributed by atoms with Gasteiger partial charge in [-0.1, -0.05) is 73.6 Å². The average Bonchev–Trinajstić information content (AvgIpc) is 3.43. The summed E-state index contributed by atoms with van der Waals surface area (Å²) >= 11 is 1.83. The second-order valence-electron chi connectivity index (χ2n) is 9.31. The van der Waals surface area contributed by atoms with E-state index in [1.807, 2.05) is 54.1 Å². The molecule has 4 aromatic rings. The van der Waals surface area contributed by atoms with E-state index in [0.29, 0.717) is 23.7 Å². The number of hydrogen-bond acceptors (Lipinski definition) is 5. The molecular weight excluding hydrogens is 448 g/mol. The molecule has 0 unspecified atom stereocenters. The third-order valence-electron chi connectivity index (χ3n) is 4.94. The zero-order valence-corrected chi connectivity index (χ0v) is 23.4. The summed E-state index contributed by atoms with van der Waals surface area (Å²) < 4.78 is 0. The van der Waals surface area contributed by atoms with Gasteiger partial charge in [-0.25, -0.2) is 9.97 Å². The van der Waals surface area contributed by atoms with Crippen molar-refractivity contribution in [1.82, 2.24) is 19.9 Å². The highest BCUT2D eigenvalue weighted by Gasteiger charge is 1.97. The largest absolute Gasteiger partial charge is 0.264 e. The van der Waals surface area contributed by atoms with Crippen LogP contribution >= 0.6 is 11.3 Å². The molecule has 4 nitrogen and oxygen atoms in total. The van der Waals surface area contributed by atoms with Gasteiger partial charge in [0.2, 0.25) is 0 Å². The van der Waals surface area contributed by atoms with Crippen LogP contribution in [0.1, 0.15) is 101 Å². The van der Waals surface area contributed by atoms with Crippen molar-refractivity contribution in [2.45, 2.75) is 79.1 Å². The van der Waals surface area contributed by atoms with Gasteiger partial charge >= 0.3 is 0 Å². The summed E-state index contributed by atoms with van der Waals surface area (Å²) in [5.41, 5.74) is 3.57. The van der Waals surface area contributed by atoms with Gasteiger partial charge in [0.15, 0.2) is 0 Å². The Kier molecular flexibility index (Phi) is 15.1. The van der Waals surface area contributed by atoms with Crippen LogP contribution in [0, 0.1) is 0 Å². The van der Waals surface area contributed by atoms with E-state index in [1.54, 1.807) is 18.7 Å². The van der Waals surface area contributed by atoms with E-state index in [-0.39, 0.29) is 0 Å². The molecule has 0 saturated carbocycles. The highest BCUT2D eigenvalue weighted by Crippen LogP contribution is 2.18. The molecule has 4 heterocycles. The van der Waals surface area contributed by atoms with Gasteiger partial charge in [0.1, 0.15) is 6.33 Å². The molecule has 4 rings (SSSR count). The molecule has 0 saturated heterocycles. The maximum absolute atomic E-state index is 4.18. The Hall–Kier alpha value is -2.92. The molecule has 0 spiro atoms. The van der Waals surface area contributed by atoms with Gasteiger partial charge in [0, 0.05) is 41.1 Å². The number of aromatic nitrogens is 4. The zero-order chi connectivity index (χ0) is 26.1. The topological polar surface area (TPSA) is 51.6 Å². The lowest BCUT2D eigenvalue weighted by Crippen LogP contribution is -1.90. The molecule has 0 amide bonds. The second kappa shape index (κ2) is 17.5. The minimum absolute atomic E-state index is 0.507. The smallest absolute Gasteiger partial charge is 0.115 e. The number of thiophene rings is 1. The summed E-state index contributed by atoms with van der Waals surface area (Å²) in [5.74, 6) is 2.35. The fraction of sp³-hybridized carbons (Fsp3) is 0.400. The minimum atomic E-state index is 0.507. The molecule has 0 aliphatic carbocycles. The van der Waals surface area contributed by atoms with Crippen molar-refractivity contribution in [3.8, 4) is 0 Å². The van der Waals surface area contributed by atoms with Crippen LogP contribution in [0.5, 0.6) is 0 Å².